The number of ether oxygens (including phenoxy) is 1. The molecule has 1 saturated heterocycles. The monoisotopic (exact) mass is 322 g/mol. The minimum absolute atomic E-state index is 0.0266. The minimum Gasteiger partial charge on any atom is -0.377 e. The number of carbonyl (C=O) groups is 1. The van der Waals surface area contributed by atoms with E-state index in [0.717, 1.165) is 37.2 Å². The van der Waals surface area contributed by atoms with E-state index >= 15 is 0 Å². The van der Waals surface area contributed by atoms with Gasteiger partial charge >= 0.3 is 6.03 Å². The summed E-state index contributed by atoms with van der Waals surface area (Å²) in [6, 6.07) is 8.12. The molecule has 1 aromatic rings. The molecular weight excluding hydrogens is 296 g/mol. The van der Waals surface area contributed by atoms with Crippen LogP contribution < -0.4 is 5.32 Å². The topological polar surface area (TPSA) is 41.6 Å². The number of nitrogens with one attached hydrogen (secondary N) is 1. The summed E-state index contributed by atoms with van der Waals surface area (Å²) in [5.41, 5.74) is 2.16. The molecule has 0 spiro atoms. The van der Waals surface area contributed by atoms with Crippen molar-refractivity contribution in [3.8, 4) is 0 Å². The molecule has 1 atom stereocenters. The van der Waals surface area contributed by atoms with Crippen molar-refractivity contribution in [1.82, 2.24) is 4.90 Å². The Balaban J connectivity index is 1.85. The van der Waals surface area contributed by atoms with Crippen LogP contribution in [0.3, 0.4) is 0 Å². The van der Waals surface area contributed by atoms with Gasteiger partial charge in [-0.3, -0.25) is 0 Å². The van der Waals surface area contributed by atoms with E-state index in [-0.39, 0.29) is 12.1 Å². The van der Waals surface area contributed by atoms with Gasteiger partial charge in [-0.1, -0.05) is 12.1 Å². The second-order valence-corrected chi connectivity index (χ2v) is 6.52. The third-order valence-electron chi connectivity index (χ3n) is 3.87. The second-order valence-electron chi connectivity index (χ2n) is 5.54. The highest BCUT2D eigenvalue weighted by Gasteiger charge is 2.23. The summed E-state index contributed by atoms with van der Waals surface area (Å²) in [5.74, 6) is 1.12. The lowest BCUT2D eigenvalue weighted by molar-refractivity contribution is 0.0181. The van der Waals surface area contributed by atoms with Gasteiger partial charge in [-0.15, -0.1) is 0 Å². The predicted octanol–water partition coefficient (Wildman–Crippen LogP) is 3.62. The Labute approximate surface area is 137 Å². The number of benzene rings is 1. The first-order valence-corrected chi connectivity index (χ1v) is 9.37. The van der Waals surface area contributed by atoms with Gasteiger partial charge in [0.15, 0.2) is 0 Å². The smallest absolute Gasteiger partial charge is 0.321 e. The number of rotatable bonds is 6. The molecule has 0 aromatic heterocycles. The third-order valence-corrected chi connectivity index (χ3v) is 4.48. The fourth-order valence-electron chi connectivity index (χ4n) is 2.67. The van der Waals surface area contributed by atoms with Crippen molar-refractivity contribution in [2.24, 2.45) is 0 Å². The van der Waals surface area contributed by atoms with Crippen molar-refractivity contribution in [2.75, 3.05) is 37.0 Å². The van der Waals surface area contributed by atoms with Crippen LogP contribution in [0.2, 0.25) is 0 Å². The molecule has 1 heterocycles. The van der Waals surface area contributed by atoms with Crippen molar-refractivity contribution in [2.45, 2.75) is 32.3 Å². The van der Waals surface area contributed by atoms with Gasteiger partial charge in [0.1, 0.15) is 0 Å². The molecule has 0 radical (unpaired) electrons. The minimum atomic E-state index is -0.0266. The summed E-state index contributed by atoms with van der Waals surface area (Å²) < 4.78 is 5.64. The zero-order valence-corrected chi connectivity index (χ0v) is 14.3. The number of amides is 2. The second kappa shape index (κ2) is 9.06. The molecule has 1 fully saturated rings. The first kappa shape index (κ1) is 17.2. The van der Waals surface area contributed by atoms with Crippen molar-refractivity contribution in [3.05, 3.63) is 29.8 Å². The Kier molecular flexibility index (Phi) is 7.06. The normalized spacial score (nSPS) is 18.3. The molecule has 122 valence electrons. The summed E-state index contributed by atoms with van der Waals surface area (Å²) in [7, 11) is 0. The van der Waals surface area contributed by atoms with Gasteiger partial charge in [0, 0.05) is 25.4 Å². The van der Waals surface area contributed by atoms with Crippen LogP contribution in [0.4, 0.5) is 10.5 Å². The fraction of sp³-hybridized carbons (Fsp3) is 0.588. The number of anilines is 1. The highest BCUT2D eigenvalue weighted by atomic mass is 32.2. The molecule has 1 aliphatic rings. The summed E-state index contributed by atoms with van der Waals surface area (Å²) >= 11 is 1.85. The van der Waals surface area contributed by atoms with Gasteiger partial charge < -0.3 is 15.0 Å². The van der Waals surface area contributed by atoms with E-state index in [1.807, 2.05) is 35.7 Å². The maximum absolute atomic E-state index is 12.3. The zero-order chi connectivity index (χ0) is 15.8. The van der Waals surface area contributed by atoms with Gasteiger partial charge in [-0.05, 0) is 55.9 Å². The fourth-order valence-corrected chi connectivity index (χ4v) is 3.11. The molecule has 4 nitrogen and oxygen atoms in total. The first-order valence-electron chi connectivity index (χ1n) is 7.98. The number of aryl methyl sites for hydroxylation is 1. The lowest BCUT2D eigenvalue weighted by Gasteiger charge is -2.32. The van der Waals surface area contributed by atoms with Crippen LogP contribution in [0.25, 0.3) is 0 Å². The number of piperidine rings is 1. The van der Waals surface area contributed by atoms with Crippen LogP contribution in [0.15, 0.2) is 24.3 Å². The van der Waals surface area contributed by atoms with E-state index in [0.29, 0.717) is 13.2 Å². The van der Waals surface area contributed by atoms with E-state index in [1.54, 1.807) is 0 Å². The predicted molar refractivity (Wildman–Crippen MR) is 93.8 cm³/mol. The van der Waals surface area contributed by atoms with E-state index in [9.17, 15) is 4.79 Å². The van der Waals surface area contributed by atoms with E-state index in [2.05, 4.69) is 23.7 Å². The summed E-state index contributed by atoms with van der Waals surface area (Å²) in [4.78, 5) is 14.2. The summed E-state index contributed by atoms with van der Waals surface area (Å²) in [5, 5.41) is 2.98. The SMILES string of the molecule is CCOC1CCCN(C(=O)Nc2ccc(CCSC)cc2)C1. The van der Waals surface area contributed by atoms with Gasteiger partial charge in [-0.25, -0.2) is 4.79 Å². The molecule has 0 aliphatic carbocycles. The van der Waals surface area contributed by atoms with E-state index < -0.39 is 0 Å². The Bertz CT molecular complexity index is 462. The molecule has 5 heteroatoms. The molecule has 0 saturated carbocycles. The summed E-state index contributed by atoms with van der Waals surface area (Å²) in [6.45, 7) is 4.20. The molecule has 1 unspecified atom stereocenters. The van der Waals surface area contributed by atoms with Crippen LogP contribution in [-0.4, -0.2) is 48.7 Å². The van der Waals surface area contributed by atoms with Crippen LogP contribution in [0.1, 0.15) is 25.3 Å². The van der Waals surface area contributed by atoms with E-state index in [4.69, 9.17) is 4.74 Å². The van der Waals surface area contributed by atoms with Gasteiger partial charge in [0.05, 0.1) is 6.10 Å². The average molecular weight is 322 g/mol. The lowest BCUT2D eigenvalue weighted by Crippen LogP contribution is -2.45. The van der Waals surface area contributed by atoms with Crippen molar-refractivity contribution in [1.29, 1.82) is 0 Å². The number of hydrogen-bond donors (Lipinski definition) is 1. The molecule has 0 bridgehead atoms. The van der Waals surface area contributed by atoms with Crippen molar-refractivity contribution >= 4 is 23.5 Å². The average Bonchev–Trinajstić information content (AvgIpc) is 2.55. The molecule has 1 N–H and O–H groups in total. The Morgan fingerprint density at radius 1 is 1.41 bits per heavy atom. The van der Waals surface area contributed by atoms with Crippen LogP contribution in [-0.2, 0) is 11.2 Å². The lowest BCUT2D eigenvalue weighted by atomic mass is 10.1. The van der Waals surface area contributed by atoms with Gasteiger partial charge in [0.2, 0.25) is 0 Å². The van der Waals surface area contributed by atoms with Crippen molar-refractivity contribution < 1.29 is 9.53 Å². The Morgan fingerprint density at radius 3 is 2.86 bits per heavy atom. The van der Waals surface area contributed by atoms with Crippen LogP contribution in [0, 0.1) is 0 Å². The maximum Gasteiger partial charge on any atom is 0.321 e. The molecule has 1 aliphatic heterocycles. The number of likely N-dealkylation sites (tertiary alicyclic amines) is 1. The van der Waals surface area contributed by atoms with Crippen molar-refractivity contribution in [3.63, 3.8) is 0 Å². The zero-order valence-electron chi connectivity index (χ0n) is 13.5. The van der Waals surface area contributed by atoms with Gasteiger partial charge in [-0.2, -0.15) is 11.8 Å². The highest BCUT2D eigenvalue weighted by Crippen LogP contribution is 2.16. The van der Waals surface area contributed by atoms with Gasteiger partial charge in [0.25, 0.3) is 0 Å². The van der Waals surface area contributed by atoms with E-state index in [1.165, 1.54) is 5.56 Å². The molecule has 1 aromatic carbocycles. The number of carbonyl (C=O) groups excluding carboxylic acids is 1. The number of hydrogen-bond acceptors (Lipinski definition) is 3. The third kappa shape index (κ3) is 5.21. The van der Waals surface area contributed by atoms with Crippen LogP contribution >= 0.6 is 11.8 Å². The molecular formula is C17H26N2O2S. The van der Waals surface area contributed by atoms with Crippen LogP contribution in [0.5, 0.6) is 0 Å². The Hall–Kier alpha value is -1.20. The molecule has 22 heavy (non-hydrogen) atoms. The number of thioether (sulfide) groups is 1. The standard InChI is InChI=1S/C17H26N2O2S/c1-3-21-16-5-4-11-19(13-16)17(20)18-15-8-6-14(7-9-15)10-12-22-2/h6-9,16H,3-5,10-13H2,1-2H3,(H,18,20). The first-order chi connectivity index (χ1) is 10.7. The maximum atomic E-state index is 12.3. The Morgan fingerprint density at radius 2 is 2.18 bits per heavy atom. The number of urea groups is 1. The summed E-state index contributed by atoms with van der Waals surface area (Å²) in [6.07, 6.45) is 5.41. The largest absolute Gasteiger partial charge is 0.377 e. The molecule has 2 rings (SSSR count). The molecule has 2 amide bonds. The number of nitrogens with zero attached hydrogens (tertiary/aromatic N) is 1. The highest BCUT2D eigenvalue weighted by molar-refractivity contribution is 7.98. The quantitative estimate of drug-likeness (QED) is 0.869.